The van der Waals surface area contributed by atoms with Gasteiger partial charge < -0.3 is 10.6 Å². The molecule has 0 radical (unpaired) electrons. The van der Waals surface area contributed by atoms with E-state index in [1.807, 2.05) is 6.92 Å². The zero-order chi connectivity index (χ0) is 14.7. The lowest BCUT2D eigenvalue weighted by Crippen LogP contribution is -2.16. The number of amides is 1. The summed E-state index contributed by atoms with van der Waals surface area (Å²) in [5, 5.41) is 6.06. The number of anilines is 2. The van der Waals surface area contributed by atoms with Gasteiger partial charge in [0.25, 0.3) is 5.91 Å². The van der Waals surface area contributed by atoms with Crippen LogP contribution in [-0.2, 0) is 0 Å². The second-order valence-corrected chi connectivity index (χ2v) is 4.87. The number of hydrogen-bond acceptors (Lipinski definition) is 4. The van der Waals surface area contributed by atoms with Crippen LogP contribution in [0.2, 0.25) is 10.2 Å². The highest BCUT2D eigenvalue weighted by Crippen LogP contribution is 2.22. The van der Waals surface area contributed by atoms with Gasteiger partial charge >= 0.3 is 0 Å². The average Bonchev–Trinajstić information content (AvgIpc) is 2.41. The Kier molecular flexibility index (Phi) is 4.42. The number of pyridine rings is 2. The lowest BCUT2D eigenvalue weighted by atomic mass is 10.2. The summed E-state index contributed by atoms with van der Waals surface area (Å²) in [6, 6.07) is 4.85. The minimum absolute atomic E-state index is 0.0720. The van der Waals surface area contributed by atoms with Gasteiger partial charge in [0.05, 0.1) is 10.7 Å². The molecule has 20 heavy (non-hydrogen) atoms. The molecule has 1 amide bonds. The number of nitrogens with zero attached hydrogens (tertiary/aromatic N) is 2. The second-order valence-electron chi connectivity index (χ2n) is 4.08. The topological polar surface area (TPSA) is 66.9 Å². The van der Waals surface area contributed by atoms with Crippen molar-refractivity contribution < 1.29 is 4.79 Å². The van der Waals surface area contributed by atoms with Crippen LogP contribution >= 0.6 is 23.2 Å². The molecule has 0 saturated heterocycles. The van der Waals surface area contributed by atoms with E-state index in [1.165, 1.54) is 12.1 Å². The summed E-state index contributed by atoms with van der Waals surface area (Å²) in [6.45, 7) is 1.88. The third-order valence-electron chi connectivity index (χ3n) is 2.54. The molecule has 0 saturated carbocycles. The van der Waals surface area contributed by atoms with E-state index >= 15 is 0 Å². The highest BCUT2D eigenvalue weighted by Gasteiger charge is 2.15. The highest BCUT2D eigenvalue weighted by molar-refractivity contribution is 6.35. The smallest absolute Gasteiger partial charge is 0.275 e. The molecule has 2 heterocycles. The third-order valence-corrected chi connectivity index (χ3v) is 3.05. The fourth-order valence-electron chi connectivity index (χ4n) is 1.62. The summed E-state index contributed by atoms with van der Waals surface area (Å²) < 4.78 is 0. The first-order valence-electron chi connectivity index (χ1n) is 5.79. The molecule has 0 aliphatic heterocycles. The molecule has 0 bridgehead atoms. The van der Waals surface area contributed by atoms with Crippen molar-refractivity contribution in [2.45, 2.75) is 6.92 Å². The minimum Gasteiger partial charge on any atom is -0.371 e. The molecule has 0 aliphatic rings. The van der Waals surface area contributed by atoms with Gasteiger partial charge in [-0.15, -0.1) is 0 Å². The molecule has 5 nitrogen and oxygen atoms in total. The summed E-state index contributed by atoms with van der Waals surface area (Å²) in [4.78, 5) is 20.3. The molecule has 0 spiro atoms. The van der Waals surface area contributed by atoms with Gasteiger partial charge in [-0.25, -0.2) is 9.97 Å². The molecule has 7 heteroatoms. The predicted octanol–water partition coefficient (Wildman–Crippen LogP) is 3.39. The lowest BCUT2D eigenvalue weighted by Gasteiger charge is -2.11. The van der Waals surface area contributed by atoms with Crippen molar-refractivity contribution in [1.29, 1.82) is 0 Å². The summed E-state index contributed by atoms with van der Waals surface area (Å²) in [6.07, 6.45) is 1.70. The fourth-order valence-corrected chi connectivity index (χ4v) is 1.96. The standard InChI is InChI=1S/C13H12Cl2N4O/c1-7-5-9(12(16-2)17-6-7)18-13(20)11-8(14)3-4-10(15)19-11/h3-6H,1-2H3,(H,16,17)(H,18,20). The molecule has 104 valence electrons. The third kappa shape index (κ3) is 3.18. The zero-order valence-corrected chi connectivity index (χ0v) is 12.4. The van der Waals surface area contributed by atoms with E-state index in [4.69, 9.17) is 23.2 Å². The molecular weight excluding hydrogens is 299 g/mol. The first-order chi connectivity index (χ1) is 9.51. The van der Waals surface area contributed by atoms with Gasteiger partial charge in [0.1, 0.15) is 16.7 Å². The van der Waals surface area contributed by atoms with Gasteiger partial charge in [-0.2, -0.15) is 0 Å². The van der Waals surface area contributed by atoms with Crippen LogP contribution in [0.4, 0.5) is 11.5 Å². The van der Waals surface area contributed by atoms with Crippen molar-refractivity contribution in [1.82, 2.24) is 9.97 Å². The summed E-state index contributed by atoms with van der Waals surface area (Å²) in [7, 11) is 1.72. The van der Waals surface area contributed by atoms with E-state index in [1.54, 1.807) is 19.3 Å². The van der Waals surface area contributed by atoms with Crippen molar-refractivity contribution in [2.75, 3.05) is 17.7 Å². The number of nitrogens with one attached hydrogen (secondary N) is 2. The first kappa shape index (κ1) is 14.6. The Bertz CT molecular complexity index is 661. The van der Waals surface area contributed by atoms with Gasteiger partial charge in [-0.1, -0.05) is 23.2 Å². The van der Waals surface area contributed by atoms with Gasteiger partial charge in [0.2, 0.25) is 0 Å². The number of hydrogen-bond donors (Lipinski definition) is 2. The van der Waals surface area contributed by atoms with Crippen LogP contribution in [0.15, 0.2) is 24.4 Å². The molecule has 2 aromatic rings. The molecule has 0 aromatic carbocycles. The predicted molar refractivity (Wildman–Crippen MR) is 80.7 cm³/mol. The Morgan fingerprint density at radius 1 is 1.30 bits per heavy atom. The molecule has 0 atom stereocenters. The van der Waals surface area contributed by atoms with Crippen LogP contribution in [0.5, 0.6) is 0 Å². The van der Waals surface area contributed by atoms with E-state index in [9.17, 15) is 4.79 Å². The quantitative estimate of drug-likeness (QED) is 0.853. The van der Waals surface area contributed by atoms with Crippen LogP contribution in [0.1, 0.15) is 16.1 Å². The highest BCUT2D eigenvalue weighted by atomic mass is 35.5. The van der Waals surface area contributed by atoms with Gasteiger partial charge in [0, 0.05) is 13.2 Å². The van der Waals surface area contributed by atoms with Gasteiger partial charge in [0.15, 0.2) is 0 Å². The molecule has 2 rings (SSSR count). The fraction of sp³-hybridized carbons (Fsp3) is 0.154. The van der Waals surface area contributed by atoms with Crippen molar-refractivity contribution in [3.05, 3.63) is 45.8 Å². The largest absolute Gasteiger partial charge is 0.371 e. The van der Waals surface area contributed by atoms with Gasteiger partial charge in [-0.3, -0.25) is 4.79 Å². The zero-order valence-electron chi connectivity index (χ0n) is 10.9. The first-order valence-corrected chi connectivity index (χ1v) is 6.54. The molecule has 2 aromatic heterocycles. The van der Waals surface area contributed by atoms with E-state index in [0.717, 1.165) is 5.56 Å². The van der Waals surface area contributed by atoms with E-state index in [0.29, 0.717) is 11.5 Å². The number of carbonyl (C=O) groups excluding carboxylic acids is 1. The Hall–Kier alpha value is -1.85. The monoisotopic (exact) mass is 310 g/mol. The minimum atomic E-state index is -0.443. The number of aryl methyl sites for hydroxylation is 1. The van der Waals surface area contributed by atoms with E-state index in [-0.39, 0.29) is 15.9 Å². The number of rotatable bonds is 3. The average molecular weight is 311 g/mol. The molecule has 0 unspecified atom stereocenters. The van der Waals surface area contributed by atoms with Crippen LogP contribution in [0.3, 0.4) is 0 Å². The SMILES string of the molecule is CNc1ncc(C)cc1NC(=O)c1nc(Cl)ccc1Cl. The van der Waals surface area contributed by atoms with Crippen molar-refractivity contribution in [3.8, 4) is 0 Å². The van der Waals surface area contributed by atoms with Crippen LogP contribution in [0, 0.1) is 6.92 Å². The number of aromatic nitrogens is 2. The Morgan fingerprint density at radius 2 is 2.05 bits per heavy atom. The summed E-state index contributed by atoms with van der Waals surface area (Å²) in [5.74, 6) is 0.114. The summed E-state index contributed by atoms with van der Waals surface area (Å²) >= 11 is 11.7. The van der Waals surface area contributed by atoms with Crippen molar-refractivity contribution >= 4 is 40.6 Å². The van der Waals surface area contributed by atoms with Crippen molar-refractivity contribution in [3.63, 3.8) is 0 Å². The maximum Gasteiger partial charge on any atom is 0.275 e. The Morgan fingerprint density at radius 3 is 2.75 bits per heavy atom. The van der Waals surface area contributed by atoms with Crippen LogP contribution in [0.25, 0.3) is 0 Å². The number of carbonyl (C=O) groups is 1. The van der Waals surface area contributed by atoms with Gasteiger partial charge in [-0.05, 0) is 30.7 Å². The summed E-state index contributed by atoms with van der Waals surface area (Å²) in [5.41, 5.74) is 1.54. The Labute approximate surface area is 126 Å². The van der Waals surface area contributed by atoms with E-state index in [2.05, 4.69) is 20.6 Å². The maximum atomic E-state index is 12.2. The molecule has 2 N–H and O–H groups in total. The molecule has 0 aliphatic carbocycles. The van der Waals surface area contributed by atoms with Crippen LogP contribution in [-0.4, -0.2) is 22.9 Å². The number of halogens is 2. The second kappa shape index (κ2) is 6.07. The molecular formula is C13H12Cl2N4O. The Balaban J connectivity index is 2.32. The molecule has 0 fully saturated rings. The normalized spacial score (nSPS) is 10.2. The lowest BCUT2D eigenvalue weighted by molar-refractivity contribution is 0.102. The maximum absolute atomic E-state index is 12.2. The van der Waals surface area contributed by atoms with Crippen molar-refractivity contribution in [2.24, 2.45) is 0 Å². The van der Waals surface area contributed by atoms with Crippen LogP contribution < -0.4 is 10.6 Å². The van der Waals surface area contributed by atoms with E-state index < -0.39 is 5.91 Å².